The van der Waals surface area contributed by atoms with E-state index in [0.29, 0.717) is 13.2 Å². The highest BCUT2D eigenvalue weighted by molar-refractivity contribution is 5.89. The Morgan fingerprint density at radius 2 is 1.88 bits per heavy atom. The standard InChI is InChI=1S/C21H33N3O2/c1-3-23(4-2)14-11-18-7-9-19(10-8-18)22-20(25)24-15-16-26-21(17-24)12-5-6-13-21/h7-10H,3-6,11-17H2,1-2H3,(H,22,25). The number of anilines is 1. The summed E-state index contributed by atoms with van der Waals surface area (Å²) in [5.74, 6) is 0. The molecule has 1 saturated carbocycles. The molecule has 26 heavy (non-hydrogen) atoms. The molecule has 3 rings (SSSR count). The fourth-order valence-corrected chi connectivity index (χ4v) is 4.12. The Hall–Kier alpha value is -1.59. The molecule has 1 spiro atoms. The molecule has 2 fully saturated rings. The van der Waals surface area contributed by atoms with Gasteiger partial charge in [-0.05, 0) is 50.0 Å². The van der Waals surface area contributed by atoms with Gasteiger partial charge in [0.2, 0.25) is 0 Å². The third-order valence-corrected chi connectivity index (χ3v) is 5.87. The molecule has 5 heteroatoms. The molecule has 0 bridgehead atoms. The predicted molar refractivity (Wildman–Crippen MR) is 106 cm³/mol. The Labute approximate surface area is 157 Å². The minimum absolute atomic E-state index is 0.00420. The number of amides is 2. The molecule has 2 amide bonds. The largest absolute Gasteiger partial charge is 0.371 e. The van der Waals surface area contributed by atoms with Gasteiger partial charge in [-0.1, -0.05) is 38.8 Å². The number of carbonyl (C=O) groups is 1. The van der Waals surface area contributed by atoms with E-state index in [1.165, 1.54) is 18.4 Å². The van der Waals surface area contributed by atoms with Crippen LogP contribution in [0.15, 0.2) is 24.3 Å². The van der Waals surface area contributed by atoms with Crippen LogP contribution in [0.3, 0.4) is 0 Å². The van der Waals surface area contributed by atoms with Crippen LogP contribution >= 0.6 is 0 Å². The average molecular weight is 360 g/mol. The van der Waals surface area contributed by atoms with Crippen LogP contribution in [0.1, 0.15) is 45.1 Å². The molecule has 1 saturated heterocycles. The minimum Gasteiger partial charge on any atom is -0.371 e. The van der Waals surface area contributed by atoms with Crippen molar-refractivity contribution in [1.82, 2.24) is 9.80 Å². The molecule has 1 aromatic carbocycles. The Balaban J connectivity index is 1.51. The van der Waals surface area contributed by atoms with Gasteiger partial charge >= 0.3 is 6.03 Å². The van der Waals surface area contributed by atoms with Crippen molar-refractivity contribution in [3.05, 3.63) is 29.8 Å². The molecule has 1 N–H and O–H groups in total. The van der Waals surface area contributed by atoms with Crippen molar-refractivity contribution in [2.75, 3.05) is 44.6 Å². The van der Waals surface area contributed by atoms with Crippen LogP contribution in [0.2, 0.25) is 0 Å². The number of ether oxygens (including phenoxy) is 1. The van der Waals surface area contributed by atoms with Gasteiger partial charge in [-0.3, -0.25) is 0 Å². The molecule has 1 aromatic rings. The van der Waals surface area contributed by atoms with Crippen LogP contribution < -0.4 is 5.32 Å². The highest BCUT2D eigenvalue weighted by atomic mass is 16.5. The van der Waals surface area contributed by atoms with Crippen molar-refractivity contribution in [1.29, 1.82) is 0 Å². The van der Waals surface area contributed by atoms with E-state index in [0.717, 1.165) is 51.1 Å². The SMILES string of the molecule is CCN(CC)CCc1ccc(NC(=O)N2CCOC3(CCCC3)C2)cc1. The molecule has 0 atom stereocenters. The molecule has 0 unspecified atom stereocenters. The molecule has 0 radical (unpaired) electrons. The highest BCUT2D eigenvalue weighted by Crippen LogP contribution is 2.35. The molecule has 5 nitrogen and oxygen atoms in total. The predicted octanol–water partition coefficient (Wildman–Crippen LogP) is 3.75. The second-order valence-corrected chi connectivity index (χ2v) is 7.56. The van der Waals surface area contributed by atoms with Crippen molar-refractivity contribution in [3.63, 3.8) is 0 Å². The number of urea groups is 1. The van der Waals surface area contributed by atoms with Gasteiger partial charge < -0.3 is 19.9 Å². The topological polar surface area (TPSA) is 44.8 Å². The molecule has 1 aliphatic heterocycles. The average Bonchev–Trinajstić information content (AvgIpc) is 3.11. The van der Waals surface area contributed by atoms with Crippen LogP contribution in [0.25, 0.3) is 0 Å². The zero-order valence-corrected chi connectivity index (χ0v) is 16.3. The van der Waals surface area contributed by atoms with E-state index in [1.807, 2.05) is 17.0 Å². The number of morpholine rings is 1. The van der Waals surface area contributed by atoms with Gasteiger partial charge in [0.25, 0.3) is 0 Å². The number of hydrogen-bond acceptors (Lipinski definition) is 3. The molecule has 0 aromatic heterocycles. The van der Waals surface area contributed by atoms with Gasteiger partial charge in [-0.15, -0.1) is 0 Å². The quantitative estimate of drug-likeness (QED) is 0.841. The molecule has 2 aliphatic rings. The lowest BCUT2D eigenvalue weighted by molar-refractivity contribution is -0.0914. The smallest absolute Gasteiger partial charge is 0.322 e. The summed E-state index contributed by atoms with van der Waals surface area (Å²) in [5.41, 5.74) is 2.10. The first-order valence-corrected chi connectivity index (χ1v) is 10.2. The number of nitrogens with zero attached hydrogens (tertiary/aromatic N) is 2. The molecular formula is C21H33N3O2. The number of likely N-dealkylation sites (N-methyl/N-ethyl adjacent to an activating group) is 1. The Morgan fingerprint density at radius 1 is 1.19 bits per heavy atom. The molecule has 1 heterocycles. The Kier molecular flexibility index (Phi) is 6.54. The maximum atomic E-state index is 12.6. The van der Waals surface area contributed by atoms with E-state index in [9.17, 15) is 4.79 Å². The summed E-state index contributed by atoms with van der Waals surface area (Å²) in [6.45, 7) is 9.70. The second-order valence-electron chi connectivity index (χ2n) is 7.56. The minimum atomic E-state index is -0.0795. The zero-order valence-electron chi connectivity index (χ0n) is 16.3. The van der Waals surface area contributed by atoms with E-state index < -0.39 is 0 Å². The van der Waals surface area contributed by atoms with E-state index in [-0.39, 0.29) is 11.6 Å². The molecule has 144 valence electrons. The normalized spacial score (nSPS) is 19.3. The molecular weight excluding hydrogens is 326 g/mol. The van der Waals surface area contributed by atoms with E-state index in [4.69, 9.17) is 4.74 Å². The van der Waals surface area contributed by atoms with Crippen LogP contribution in [0.5, 0.6) is 0 Å². The third kappa shape index (κ3) is 4.77. The maximum Gasteiger partial charge on any atom is 0.322 e. The van der Waals surface area contributed by atoms with Gasteiger partial charge in [-0.2, -0.15) is 0 Å². The highest BCUT2D eigenvalue weighted by Gasteiger charge is 2.40. The fourth-order valence-electron chi connectivity index (χ4n) is 4.12. The maximum absolute atomic E-state index is 12.6. The first-order chi connectivity index (χ1) is 12.6. The van der Waals surface area contributed by atoms with Crippen LogP contribution in [-0.2, 0) is 11.2 Å². The number of carbonyl (C=O) groups excluding carboxylic acids is 1. The Bertz CT molecular complexity index is 577. The van der Waals surface area contributed by atoms with Crippen molar-refractivity contribution in [3.8, 4) is 0 Å². The first-order valence-electron chi connectivity index (χ1n) is 10.2. The van der Waals surface area contributed by atoms with Crippen molar-refractivity contribution in [2.45, 2.75) is 51.6 Å². The lowest BCUT2D eigenvalue weighted by Crippen LogP contribution is -2.53. The summed E-state index contributed by atoms with van der Waals surface area (Å²) < 4.78 is 6.01. The fraction of sp³-hybridized carbons (Fsp3) is 0.667. The lowest BCUT2D eigenvalue weighted by Gasteiger charge is -2.40. The summed E-state index contributed by atoms with van der Waals surface area (Å²) in [5, 5.41) is 3.05. The summed E-state index contributed by atoms with van der Waals surface area (Å²) in [6.07, 6.45) is 5.63. The Morgan fingerprint density at radius 3 is 2.54 bits per heavy atom. The van der Waals surface area contributed by atoms with Gasteiger partial charge in [0.1, 0.15) is 0 Å². The van der Waals surface area contributed by atoms with E-state index in [2.05, 4.69) is 36.2 Å². The summed E-state index contributed by atoms with van der Waals surface area (Å²) in [4.78, 5) is 17.0. The van der Waals surface area contributed by atoms with Gasteiger partial charge in [-0.25, -0.2) is 4.79 Å². The number of benzene rings is 1. The second kappa shape index (κ2) is 8.87. The number of rotatable bonds is 6. The van der Waals surface area contributed by atoms with Crippen molar-refractivity contribution in [2.24, 2.45) is 0 Å². The van der Waals surface area contributed by atoms with Crippen molar-refractivity contribution < 1.29 is 9.53 Å². The third-order valence-electron chi connectivity index (χ3n) is 5.87. The van der Waals surface area contributed by atoms with Crippen LogP contribution in [0, 0.1) is 0 Å². The first kappa shape index (κ1) is 19.2. The monoisotopic (exact) mass is 359 g/mol. The lowest BCUT2D eigenvalue weighted by atomic mass is 10.00. The number of nitrogens with one attached hydrogen (secondary N) is 1. The van der Waals surface area contributed by atoms with Crippen molar-refractivity contribution >= 4 is 11.7 Å². The summed E-state index contributed by atoms with van der Waals surface area (Å²) in [7, 11) is 0. The van der Waals surface area contributed by atoms with E-state index in [1.54, 1.807) is 0 Å². The summed E-state index contributed by atoms with van der Waals surface area (Å²) in [6, 6.07) is 8.27. The van der Waals surface area contributed by atoms with Gasteiger partial charge in [0, 0.05) is 18.8 Å². The zero-order chi connectivity index (χ0) is 18.4. The van der Waals surface area contributed by atoms with Gasteiger partial charge in [0.15, 0.2) is 0 Å². The van der Waals surface area contributed by atoms with Gasteiger partial charge in [0.05, 0.1) is 18.8 Å². The number of hydrogen-bond donors (Lipinski definition) is 1. The van der Waals surface area contributed by atoms with Crippen LogP contribution in [-0.4, -0.2) is 60.8 Å². The van der Waals surface area contributed by atoms with Crippen LogP contribution in [0.4, 0.5) is 10.5 Å². The van der Waals surface area contributed by atoms with E-state index >= 15 is 0 Å². The molecule has 1 aliphatic carbocycles. The summed E-state index contributed by atoms with van der Waals surface area (Å²) >= 11 is 0.